The van der Waals surface area contributed by atoms with Crippen LogP contribution in [-0.4, -0.2) is 22.6 Å². The van der Waals surface area contributed by atoms with E-state index >= 15 is 0 Å². The summed E-state index contributed by atoms with van der Waals surface area (Å²) in [7, 11) is 0. The average molecular weight is 279 g/mol. The van der Waals surface area contributed by atoms with Crippen molar-refractivity contribution in [3.8, 4) is 11.5 Å². The van der Waals surface area contributed by atoms with Crippen molar-refractivity contribution < 1.29 is 24.3 Å². The van der Waals surface area contributed by atoms with Gasteiger partial charge in [0.05, 0.1) is 16.6 Å². The second kappa shape index (κ2) is 5.30. The third-order valence-corrected chi connectivity index (χ3v) is 3.02. The minimum atomic E-state index is -1.45. The van der Waals surface area contributed by atoms with Crippen molar-refractivity contribution in [2.75, 3.05) is 6.79 Å². The molecule has 1 atom stereocenters. The Kier molecular flexibility index (Phi) is 3.71. The second-order valence-electron chi connectivity index (χ2n) is 4.23. The van der Waals surface area contributed by atoms with Crippen LogP contribution < -0.4 is 9.47 Å². The van der Waals surface area contributed by atoms with Gasteiger partial charge in [0, 0.05) is 12.0 Å². The first-order chi connectivity index (χ1) is 9.45. The normalized spacial score (nSPS) is 13.9. The van der Waals surface area contributed by atoms with Gasteiger partial charge in [0.1, 0.15) is 6.10 Å². The molecule has 0 radical (unpaired) electrons. The molecular formula is C13H13NO6. The van der Waals surface area contributed by atoms with Crippen LogP contribution in [0.2, 0.25) is 0 Å². The number of aliphatic hydroxyl groups excluding tert-OH is 1. The van der Waals surface area contributed by atoms with Crippen LogP contribution in [0.25, 0.3) is 0 Å². The van der Waals surface area contributed by atoms with Crippen LogP contribution in [0.1, 0.15) is 25.0 Å². The molecule has 1 aromatic carbocycles. The third-order valence-electron chi connectivity index (χ3n) is 3.02. The Bertz CT molecular complexity index is 595. The summed E-state index contributed by atoms with van der Waals surface area (Å²) < 4.78 is 10.2. The highest BCUT2D eigenvalue weighted by molar-refractivity contribution is 5.95. The van der Waals surface area contributed by atoms with Gasteiger partial charge in [-0.3, -0.25) is 14.9 Å². The first-order valence-corrected chi connectivity index (χ1v) is 5.93. The summed E-state index contributed by atoms with van der Waals surface area (Å²) in [6, 6.07) is 2.48. The molecule has 1 N–H and O–H groups in total. The minimum absolute atomic E-state index is 0.0361. The van der Waals surface area contributed by atoms with Crippen LogP contribution in [0.3, 0.4) is 0 Å². The Morgan fingerprint density at radius 3 is 2.65 bits per heavy atom. The molecule has 2 rings (SSSR count). The number of carbonyl (C=O) groups excluding carboxylic acids is 1. The van der Waals surface area contributed by atoms with E-state index in [1.807, 2.05) is 0 Å². The zero-order valence-electron chi connectivity index (χ0n) is 10.8. The van der Waals surface area contributed by atoms with Crippen molar-refractivity contribution in [1.82, 2.24) is 0 Å². The summed E-state index contributed by atoms with van der Waals surface area (Å²) >= 11 is 0. The number of nitro benzene ring substituents is 1. The van der Waals surface area contributed by atoms with Gasteiger partial charge in [-0.05, 0) is 6.07 Å². The summed E-state index contributed by atoms with van der Waals surface area (Å²) in [4.78, 5) is 22.0. The molecule has 20 heavy (non-hydrogen) atoms. The highest BCUT2D eigenvalue weighted by atomic mass is 16.7. The van der Waals surface area contributed by atoms with Crippen molar-refractivity contribution in [3.05, 3.63) is 40.0 Å². The van der Waals surface area contributed by atoms with Gasteiger partial charge in [-0.25, -0.2) is 0 Å². The molecule has 7 nitrogen and oxygen atoms in total. The van der Waals surface area contributed by atoms with Crippen molar-refractivity contribution in [3.63, 3.8) is 0 Å². The smallest absolute Gasteiger partial charge is 0.279 e. The van der Waals surface area contributed by atoms with Gasteiger partial charge in [-0.1, -0.05) is 13.5 Å². The number of hydrogen-bond donors (Lipinski definition) is 1. The van der Waals surface area contributed by atoms with Crippen LogP contribution in [0, 0.1) is 10.1 Å². The molecule has 1 aliphatic heterocycles. The zero-order chi connectivity index (χ0) is 14.9. The molecule has 0 spiro atoms. The fourth-order valence-electron chi connectivity index (χ4n) is 1.89. The van der Waals surface area contributed by atoms with E-state index in [0.717, 1.165) is 0 Å². The molecule has 0 saturated heterocycles. The number of rotatable bonds is 5. The van der Waals surface area contributed by atoms with E-state index in [0.29, 0.717) is 5.75 Å². The summed E-state index contributed by atoms with van der Waals surface area (Å²) in [6.07, 6.45) is -1.29. The number of nitrogens with zero attached hydrogens (tertiary/aromatic N) is 1. The number of fused-ring (bicyclic) bond motifs is 1. The number of carbonyl (C=O) groups is 1. The predicted molar refractivity (Wildman–Crippen MR) is 68.6 cm³/mol. The van der Waals surface area contributed by atoms with E-state index in [2.05, 4.69) is 6.58 Å². The molecule has 1 aliphatic rings. The second-order valence-corrected chi connectivity index (χ2v) is 4.23. The molecule has 0 unspecified atom stereocenters. The van der Waals surface area contributed by atoms with Gasteiger partial charge in [0.2, 0.25) is 6.79 Å². The fourth-order valence-corrected chi connectivity index (χ4v) is 1.89. The summed E-state index contributed by atoms with van der Waals surface area (Å²) in [6.45, 7) is 5.08. The van der Waals surface area contributed by atoms with Crippen LogP contribution in [0.15, 0.2) is 24.3 Å². The first kappa shape index (κ1) is 14.0. The van der Waals surface area contributed by atoms with Gasteiger partial charge >= 0.3 is 0 Å². The fraction of sp³-hybridized carbons (Fsp3) is 0.308. The highest BCUT2D eigenvalue weighted by Crippen LogP contribution is 2.41. The lowest BCUT2D eigenvalue weighted by atomic mass is 9.96. The Morgan fingerprint density at radius 2 is 2.10 bits per heavy atom. The number of aliphatic hydroxyl groups is 1. The van der Waals surface area contributed by atoms with E-state index < -0.39 is 11.0 Å². The lowest BCUT2D eigenvalue weighted by molar-refractivity contribution is -0.386. The van der Waals surface area contributed by atoms with Gasteiger partial charge in [-0.15, -0.1) is 0 Å². The number of ether oxygens (including phenoxy) is 2. The number of nitro groups is 1. The maximum absolute atomic E-state index is 11.6. The lowest BCUT2D eigenvalue weighted by Gasteiger charge is -2.13. The van der Waals surface area contributed by atoms with Crippen LogP contribution >= 0.6 is 0 Å². The number of ketones is 1. The monoisotopic (exact) mass is 279 g/mol. The van der Waals surface area contributed by atoms with E-state index in [-0.39, 0.29) is 41.6 Å². The van der Waals surface area contributed by atoms with Crippen molar-refractivity contribution in [2.45, 2.75) is 19.4 Å². The average Bonchev–Trinajstić information content (AvgIpc) is 2.90. The molecule has 7 heteroatoms. The number of Topliss-reactive ketones (excluding diaryl/α,β-unsaturated/α-hetero) is 1. The van der Waals surface area contributed by atoms with Gasteiger partial charge in [0.25, 0.3) is 5.69 Å². The summed E-state index contributed by atoms with van der Waals surface area (Å²) in [5, 5.41) is 21.2. The zero-order valence-corrected chi connectivity index (χ0v) is 10.8. The SMILES string of the molecule is C=C(C(=O)CC)[C@@H](O)c1cc2c(cc1[N+](=O)[O-])OCO2. The van der Waals surface area contributed by atoms with E-state index in [4.69, 9.17) is 9.47 Å². The summed E-state index contributed by atoms with van der Waals surface area (Å²) in [5.74, 6) is 0.172. The van der Waals surface area contributed by atoms with Gasteiger partial charge in [-0.2, -0.15) is 0 Å². The largest absolute Gasteiger partial charge is 0.454 e. The van der Waals surface area contributed by atoms with Crippen molar-refractivity contribution in [2.24, 2.45) is 0 Å². The maximum Gasteiger partial charge on any atom is 0.279 e. The topological polar surface area (TPSA) is 98.9 Å². The van der Waals surface area contributed by atoms with Crippen molar-refractivity contribution >= 4 is 11.5 Å². The third kappa shape index (κ3) is 2.35. The number of hydrogen-bond acceptors (Lipinski definition) is 6. The maximum atomic E-state index is 11.6. The van der Waals surface area contributed by atoms with E-state index in [1.165, 1.54) is 12.1 Å². The summed E-state index contributed by atoms with van der Waals surface area (Å²) in [5.41, 5.74) is -0.465. The standard InChI is InChI=1S/C13H13NO6/c1-3-10(15)7(2)13(16)8-4-11-12(20-6-19-11)5-9(8)14(17)18/h4-5,13,16H,2-3,6H2,1H3/t13-/m1/s1. The molecule has 106 valence electrons. The van der Waals surface area contributed by atoms with Crippen molar-refractivity contribution in [1.29, 1.82) is 0 Å². The Labute approximate surface area is 114 Å². The minimum Gasteiger partial charge on any atom is -0.454 e. The molecule has 0 saturated carbocycles. The molecule has 1 heterocycles. The molecule has 0 aliphatic carbocycles. The first-order valence-electron chi connectivity index (χ1n) is 5.93. The molecule has 0 fully saturated rings. The van der Waals surface area contributed by atoms with E-state index in [1.54, 1.807) is 6.92 Å². The van der Waals surface area contributed by atoms with Gasteiger partial charge in [0.15, 0.2) is 17.3 Å². The van der Waals surface area contributed by atoms with Crippen LogP contribution in [0.5, 0.6) is 11.5 Å². The Balaban J connectivity index is 2.47. The quantitative estimate of drug-likeness (QED) is 0.502. The van der Waals surface area contributed by atoms with Crippen LogP contribution in [-0.2, 0) is 4.79 Å². The van der Waals surface area contributed by atoms with Crippen LogP contribution in [0.4, 0.5) is 5.69 Å². The highest BCUT2D eigenvalue weighted by Gasteiger charge is 2.29. The molecule has 0 bridgehead atoms. The molecular weight excluding hydrogens is 266 g/mol. The lowest BCUT2D eigenvalue weighted by Crippen LogP contribution is -2.11. The molecule has 1 aromatic rings. The van der Waals surface area contributed by atoms with E-state index in [9.17, 15) is 20.0 Å². The Hall–Kier alpha value is -2.41. The predicted octanol–water partition coefficient (Wildman–Crippen LogP) is 1.89. The number of benzene rings is 1. The Morgan fingerprint density at radius 1 is 1.50 bits per heavy atom. The molecule has 0 aromatic heterocycles. The van der Waals surface area contributed by atoms with Gasteiger partial charge < -0.3 is 14.6 Å². The molecule has 0 amide bonds.